The summed E-state index contributed by atoms with van der Waals surface area (Å²) in [7, 11) is 1.56. The van der Waals surface area contributed by atoms with Crippen molar-refractivity contribution in [3.63, 3.8) is 0 Å². The SMILES string of the molecule is COc1ccc(C(=O)C2C(C(=O)c3ccccc3)C23C(=O)Nc2ccccc23)cc1. The number of anilines is 1. The molecule has 0 bridgehead atoms. The number of amides is 1. The number of carbonyl (C=O) groups excluding carboxylic acids is 3. The summed E-state index contributed by atoms with van der Waals surface area (Å²) < 4.78 is 5.17. The number of methoxy groups -OCH3 is 1. The lowest BCUT2D eigenvalue weighted by Crippen LogP contribution is -2.26. The molecule has 1 spiro atoms. The molecule has 0 radical (unpaired) electrons. The third-order valence-electron chi connectivity index (χ3n) is 6.20. The first-order valence-electron chi connectivity index (χ1n) is 9.77. The maximum Gasteiger partial charge on any atom is 0.236 e. The maximum absolute atomic E-state index is 13.5. The van der Waals surface area contributed by atoms with Crippen LogP contribution in [0.5, 0.6) is 5.75 Å². The van der Waals surface area contributed by atoms with Crippen molar-refractivity contribution in [2.45, 2.75) is 5.41 Å². The quantitative estimate of drug-likeness (QED) is 0.663. The first-order valence-corrected chi connectivity index (χ1v) is 9.77. The highest BCUT2D eigenvalue weighted by Gasteiger charge is 2.78. The lowest BCUT2D eigenvalue weighted by molar-refractivity contribution is -0.118. The van der Waals surface area contributed by atoms with Gasteiger partial charge in [0, 0.05) is 16.8 Å². The van der Waals surface area contributed by atoms with E-state index in [1.807, 2.05) is 24.3 Å². The van der Waals surface area contributed by atoms with Crippen molar-refractivity contribution >= 4 is 23.2 Å². The molecule has 148 valence electrons. The van der Waals surface area contributed by atoms with Crippen LogP contribution in [0.4, 0.5) is 5.69 Å². The minimum absolute atomic E-state index is 0.186. The second-order valence-corrected chi connectivity index (χ2v) is 7.65. The van der Waals surface area contributed by atoms with Crippen molar-refractivity contribution in [2.75, 3.05) is 12.4 Å². The molecule has 1 saturated carbocycles. The van der Waals surface area contributed by atoms with E-state index in [1.54, 1.807) is 61.7 Å². The van der Waals surface area contributed by atoms with Gasteiger partial charge < -0.3 is 10.1 Å². The molecular formula is C25H19NO4. The standard InChI is InChI=1S/C25H19NO4/c1-30-17-13-11-16(12-14-17)23(28)21-20(22(27)15-7-3-2-4-8-15)25(21)18-9-5-6-10-19(18)26-24(25)29/h2-14,20-21H,1H3,(H,26,29). The van der Waals surface area contributed by atoms with Crippen LogP contribution in [0, 0.1) is 11.8 Å². The van der Waals surface area contributed by atoms with E-state index in [0.29, 0.717) is 22.6 Å². The number of para-hydroxylation sites is 1. The zero-order chi connectivity index (χ0) is 20.9. The van der Waals surface area contributed by atoms with Crippen LogP contribution < -0.4 is 10.1 Å². The van der Waals surface area contributed by atoms with Crippen molar-refractivity contribution in [3.8, 4) is 5.75 Å². The Morgan fingerprint density at radius 2 is 1.37 bits per heavy atom. The van der Waals surface area contributed by atoms with Crippen molar-refractivity contribution in [1.82, 2.24) is 0 Å². The summed E-state index contributed by atoms with van der Waals surface area (Å²) in [5.74, 6) is -1.53. The average Bonchev–Trinajstić information content (AvgIpc) is 3.41. The van der Waals surface area contributed by atoms with Gasteiger partial charge in [0.1, 0.15) is 5.75 Å². The Morgan fingerprint density at radius 1 is 0.800 bits per heavy atom. The normalized spacial score (nSPS) is 23.6. The first kappa shape index (κ1) is 18.3. The summed E-state index contributed by atoms with van der Waals surface area (Å²) in [5.41, 5.74) is 1.18. The number of rotatable bonds is 5. The molecule has 3 aromatic rings. The van der Waals surface area contributed by atoms with E-state index in [-0.39, 0.29) is 17.5 Å². The fourth-order valence-corrected chi connectivity index (χ4v) is 4.74. The molecule has 5 heteroatoms. The molecular weight excluding hydrogens is 378 g/mol. The molecule has 5 nitrogen and oxygen atoms in total. The second kappa shape index (κ2) is 6.66. The molecule has 1 aliphatic heterocycles. The molecule has 30 heavy (non-hydrogen) atoms. The van der Waals surface area contributed by atoms with Gasteiger partial charge in [-0.25, -0.2) is 0 Å². The van der Waals surface area contributed by atoms with E-state index in [9.17, 15) is 14.4 Å². The van der Waals surface area contributed by atoms with Gasteiger partial charge in [-0.15, -0.1) is 0 Å². The van der Waals surface area contributed by atoms with Crippen LogP contribution in [0.2, 0.25) is 0 Å². The Bertz CT molecular complexity index is 1170. The lowest BCUT2D eigenvalue weighted by Gasteiger charge is -2.09. The average molecular weight is 397 g/mol. The molecule has 3 atom stereocenters. The fourth-order valence-electron chi connectivity index (χ4n) is 4.74. The molecule has 5 rings (SSSR count). The van der Waals surface area contributed by atoms with E-state index >= 15 is 0 Å². The third kappa shape index (κ3) is 2.45. The summed E-state index contributed by atoms with van der Waals surface area (Å²) >= 11 is 0. The number of hydrogen-bond acceptors (Lipinski definition) is 4. The minimum Gasteiger partial charge on any atom is -0.497 e. The molecule has 2 aliphatic rings. The summed E-state index contributed by atoms with van der Waals surface area (Å²) in [4.78, 5) is 40.1. The Kier molecular flexibility index (Phi) is 4.07. The molecule has 0 aromatic heterocycles. The van der Waals surface area contributed by atoms with E-state index < -0.39 is 17.3 Å². The number of fused-ring (bicyclic) bond motifs is 2. The van der Waals surface area contributed by atoms with Crippen LogP contribution >= 0.6 is 0 Å². The molecule has 0 saturated heterocycles. The highest BCUT2D eigenvalue weighted by Crippen LogP contribution is 2.66. The number of benzene rings is 3. The van der Waals surface area contributed by atoms with Crippen molar-refractivity contribution < 1.29 is 19.1 Å². The van der Waals surface area contributed by atoms with E-state index in [1.165, 1.54) is 0 Å². The topological polar surface area (TPSA) is 72.5 Å². The van der Waals surface area contributed by atoms with Gasteiger partial charge in [0.25, 0.3) is 0 Å². The summed E-state index contributed by atoms with van der Waals surface area (Å²) in [6.07, 6.45) is 0. The molecule has 3 aromatic carbocycles. The molecule has 1 heterocycles. The highest BCUT2D eigenvalue weighted by atomic mass is 16.5. The second-order valence-electron chi connectivity index (χ2n) is 7.65. The van der Waals surface area contributed by atoms with Crippen molar-refractivity contribution in [1.29, 1.82) is 0 Å². The fraction of sp³-hybridized carbons (Fsp3) is 0.160. The van der Waals surface area contributed by atoms with Gasteiger partial charge in [-0.1, -0.05) is 48.5 Å². The monoisotopic (exact) mass is 397 g/mol. The first-order chi connectivity index (χ1) is 14.6. The van der Waals surface area contributed by atoms with Gasteiger partial charge in [0.15, 0.2) is 11.6 Å². The Hall–Kier alpha value is -3.73. The van der Waals surface area contributed by atoms with E-state index in [4.69, 9.17) is 4.74 Å². The number of ketones is 2. The van der Waals surface area contributed by atoms with Crippen LogP contribution in [-0.2, 0) is 10.2 Å². The van der Waals surface area contributed by atoms with Crippen molar-refractivity contribution in [2.24, 2.45) is 11.8 Å². The van der Waals surface area contributed by atoms with E-state index in [0.717, 1.165) is 5.56 Å². The highest BCUT2D eigenvalue weighted by molar-refractivity contribution is 6.22. The van der Waals surface area contributed by atoms with Gasteiger partial charge in [-0.3, -0.25) is 14.4 Å². The van der Waals surface area contributed by atoms with Crippen LogP contribution in [0.25, 0.3) is 0 Å². The zero-order valence-corrected chi connectivity index (χ0v) is 16.3. The van der Waals surface area contributed by atoms with Gasteiger partial charge in [-0.2, -0.15) is 0 Å². The minimum atomic E-state index is -1.17. The predicted molar refractivity (Wildman–Crippen MR) is 112 cm³/mol. The van der Waals surface area contributed by atoms with Crippen LogP contribution in [0.1, 0.15) is 26.3 Å². The Morgan fingerprint density at radius 3 is 2.00 bits per heavy atom. The molecule has 1 N–H and O–H groups in total. The zero-order valence-electron chi connectivity index (χ0n) is 16.3. The number of ether oxygens (including phenoxy) is 1. The third-order valence-corrected chi connectivity index (χ3v) is 6.20. The number of hydrogen-bond donors (Lipinski definition) is 1. The smallest absolute Gasteiger partial charge is 0.236 e. The maximum atomic E-state index is 13.5. The summed E-state index contributed by atoms with van der Waals surface area (Å²) in [5, 5.41) is 2.88. The Labute approximate surface area is 173 Å². The largest absolute Gasteiger partial charge is 0.497 e. The van der Waals surface area contributed by atoms with Gasteiger partial charge in [-0.05, 0) is 35.9 Å². The number of nitrogens with one attached hydrogen (secondary N) is 1. The van der Waals surface area contributed by atoms with Crippen LogP contribution in [0.15, 0.2) is 78.9 Å². The Balaban J connectivity index is 1.61. The molecule has 1 aliphatic carbocycles. The molecule has 1 amide bonds. The summed E-state index contributed by atoms with van der Waals surface area (Å²) in [6.45, 7) is 0. The molecule has 3 unspecified atom stereocenters. The van der Waals surface area contributed by atoms with Gasteiger partial charge in [0.05, 0.1) is 24.4 Å². The number of Topliss-reactive ketones (excluding diaryl/α,β-unsaturated/α-hetero) is 2. The predicted octanol–water partition coefficient (Wildman–Crippen LogP) is 3.90. The lowest BCUT2D eigenvalue weighted by atomic mass is 9.90. The molecule has 1 fully saturated rings. The van der Waals surface area contributed by atoms with Crippen LogP contribution in [0.3, 0.4) is 0 Å². The van der Waals surface area contributed by atoms with Crippen molar-refractivity contribution in [3.05, 3.63) is 95.6 Å². The van der Waals surface area contributed by atoms with Gasteiger partial charge in [0.2, 0.25) is 5.91 Å². The summed E-state index contributed by atoms with van der Waals surface area (Å²) in [6, 6.07) is 22.9. The van der Waals surface area contributed by atoms with Crippen LogP contribution in [-0.4, -0.2) is 24.6 Å². The van der Waals surface area contributed by atoms with E-state index in [2.05, 4.69) is 5.32 Å². The van der Waals surface area contributed by atoms with Gasteiger partial charge >= 0.3 is 0 Å². The number of carbonyl (C=O) groups is 3.